The Kier molecular flexibility index (Phi) is 2.91. The lowest BCUT2D eigenvalue weighted by Crippen LogP contribution is -2.36. The van der Waals surface area contributed by atoms with E-state index in [1.54, 1.807) is 6.07 Å². The van der Waals surface area contributed by atoms with E-state index in [1.807, 2.05) is 36.4 Å². The van der Waals surface area contributed by atoms with Crippen molar-refractivity contribution in [3.63, 3.8) is 0 Å². The highest BCUT2D eigenvalue weighted by molar-refractivity contribution is 5.93. The lowest BCUT2D eigenvalue weighted by molar-refractivity contribution is -0.137. The molecule has 1 saturated heterocycles. The first kappa shape index (κ1) is 11.7. The van der Waals surface area contributed by atoms with E-state index in [1.165, 1.54) is 0 Å². The number of carbonyl (C=O) groups is 2. The molecule has 1 aliphatic heterocycles. The average molecular weight is 255 g/mol. The first-order chi connectivity index (χ1) is 9.24. The second-order valence-electron chi connectivity index (χ2n) is 4.56. The van der Waals surface area contributed by atoms with Crippen LogP contribution in [-0.2, 0) is 9.59 Å². The molecule has 1 N–H and O–H groups in total. The van der Waals surface area contributed by atoms with Crippen LogP contribution in [0.4, 0.5) is 0 Å². The summed E-state index contributed by atoms with van der Waals surface area (Å²) in [6.07, 6.45) is 0.887. The van der Waals surface area contributed by atoms with Gasteiger partial charge in [-0.3, -0.25) is 4.79 Å². The van der Waals surface area contributed by atoms with Gasteiger partial charge in [-0.1, -0.05) is 36.4 Å². The molecule has 4 nitrogen and oxygen atoms in total. The van der Waals surface area contributed by atoms with Crippen molar-refractivity contribution in [2.24, 2.45) is 0 Å². The van der Waals surface area contributed by atoms with Crippen LogP contribution < -0.4 is 10.1 Å². The molecule has 2 aromatic rings. The summed E-state index contributed by atoms with van der Waals surface area (Å²) in [5, 5.41) is 4.52. The van der Waals surface area contributed by atoms with Crippen LogP contribution in [-0.4, -0.2) is 17.9 Å². The van der Waals surface area contributed by atoms with Crippen molar-refractivity contribution in [1.29, 1.82) is 0 Å². The fourth-order valence-corrected chi connectivity index (χ4v) is 2.26. The van der Waals surface area contributed by atoms with E-state index in [0.29, 0.717) is 18.6 Å². The molecular weight excluding hydrogens is 242 g/mol. The Hall–Kier alpha value is -2.36. The summed E-state index contributed by atoms with van der Waals surface area (Å²) in [4.78, 5) is 23.1. The molecule has 1 aliphatic rings. The van der Waals surface area contributed by atoms with Gasteiger partial charge in [0.15, 0.2) is 0 Å². The number of ether oxygens (including phenoxy) is 1. The fraction of sp³-hybridized carbons (Fsp3) is 0.200. The van der Waals surface area contributed by atoms with Gasteiger partial charge in [0.25, 0.3) is 0 Å². The van der Waals surface area contributed by atoms with Crippen molar-refractivity contribution in [2.45, 2.75) is 18.9 Å². The Morgan fingerprint density at radius 2 is 1.95 bits per heavy atom. The van der Waals surface area contributed by atoms with Crippen molar-refractivity contribution < 1.29 is 14.3 Å². The third-order valence-electron chi connectivity index (χ3n) is 3.24. The normalized spacial score (nSPS) is 18.3. The van der Waals surface area contributed by atoms with Crippen LogP contribution in [0.1, 0.15) is 12.8 Å². The van der Waals surface area contributed by atoms with E-state index < -0.39 is 12.0 Å². The first-order valence-corrected chi connectivity index (χ1v) is 6.23. The van der Waals surface area contributed by atoms with Crippen molar-refractivity contribution in [1.82, 2.24) is 5.32 Å². The maximum Gasteiger partial charge on any atom is 0.334 e. The molecule has 96 valence electrons. The molecule has 0 aliphatic carbocycles. The van der Waals surface area contributed by atoms with Gasteiger partial charge in [-0.2, -0.15) is 0 Å². The second-order valence-corrected chi connectivity index (χ2v) is 4.56. The minimum atomic E-state index is -0.522. The quantitative estimate of drug-likeness (QED) is 0.660. The number of fused-ring (bicyclic) bond motifs is 1. The molecule has 0 aromatic heterocycles. The van der Waals surface area contributed by atoms with Crippen LogP contribution in [0.25, 0.3) is 10.8 Å². The smallest absolute Gasteiger partial charge is 0.334 e. The summed E-state index contributed by atoms with van der Waals surface area (Å²) in [5.74, 6) is 0.0336. The molecule has 0 radical (unpaired) electrons. The van der Waals surface area contributed by atoms with Gasteiger partial charge in [0.05, 0.1) is 0 Å². The van der Waals surface area contributed by atoms with Gasteiger partial charge in [-0.25, -0.2) is 4.79 Å². The highest BCUT2D eigenvalue weighted by Gasteiger charge is 2.29. The van der Waals surface area contributed by atoms with Gasteiger partial charge in [-0.15, -0.1) is 0 Å². The minimum Gasteiger partial charge on any atom is -0.424 e. The summed E-state index contributed by atoms with van der Waals surface area (Å²) in [6, 6.07) is 12.8. The second kappa shape index (κ2) is 4.72. The predicted molar refractivity (Wildman–Crippen MR) is 70.7 cm³/mol. The maximum absolute atomic E-state index is 12.0. The number of hydrogen-bond donors (Lipinski definition) is 1. The van der Waals surface area contributed by atoms with Crippen molar-refractivity contribution >= 4 is 22.6 Å². The average Bonchev–Trinajstić information content (AvgIpc) is 2.86. The molecular formula is C15H13NO3. The number of esters is 1. The van der Waals surface area contributed by atoms with Gasteiger partial charge in [-0.05, 0) is 17.9 Å². The first-order valence-electron chi connectivity index (χ1n) is 6.23. The van der Waals surface area contributed by atoms with Gasteiger partial charge in [0.2, 0.25) is 5.91 Å². The standard InChI is InChI=1S/C15H13NO3/c17-14-9-8-12(16-14)15(18)19-13-7-3-5-10-4-1-2-6-11(10)13/h1-7,12H,8-9H2,(H,16,17). The Morgan fingerprint density at radius 3 is 2.74 bits per heavy atom. The number of hydrogen-bond acceptors (Lipinski definition) is 3. The monoisotopic (exact) mass is 255 g/mol. The predicted octanol–water partition coefficient (Wildman–Crippen LogP) is 2.02. The Bertz CT molecular complexity index is 645. The molecule has 4 heteroatoms. The molecule has 0 spiro atoms. The van der Waals surface area contributed by atoms with Crippen molar-refractivity contribution in [2.75, 3.05) is 0 Å². The summed E-state index contributed by atoms with van der Waals surface area (Å²) in [5.41, 5.74) is 0. The highest BCUT2D eigenvalue weighted by atomic mass is 16.5. The van der Waals surface area contributed by atoms with Crippen LogP contribution in [0, 0.1) is 0 Å². The zero-order valence-corrected chi connectivity index (χ0v) is 10.3. The van der Waals surface area contributed by atoms with Crippen LogP contribution in [0.2, 0.25) is 0 Å². The van der Waals surface area contributed by atoms with E-state index in [9.17, 15) is 9.59 Å². The Balaban J connectivity index is 1.85. The van der Waals surface area contributed by atoms with Crippen molar-refractivity contribution in [3.05, 3.63) is 42.5 Å². The Morgan fingerprint density at radius 1 is 1.16 bits per heavy atom. The number of benzene rings is 2. The third kappa shape index (κ3) is 2.29. The molecule has 1 amide bonds. The highest BCUT2D eigenvalue weighted by Crippen LogP contribution is 2.25. The minimum absolute atomic E-state index is 0.0973. The van der Waals surface area contributed by atoms with Gasteiger partial charge < -0.3 is 10.1 Å². The van der Waals surface area contributed by atoms with Crippen molar-refractivity contribution in [3.8, 4) is 5.75 Å². The Labute approximate surface area is 110 Å². The molecule has 2 aromatic carbocycles. The van der Waals surface area contributed by atoms with Gasteiger partial charge >= 0.3 is 5.97 Å². The van der Waals surface area contributed by atoms with E-state index in [0.717, 1.165) is 10.8 Å². The lowest BCUT2D eigenvalue weighted by Gasteiger charge is -2.11. The SMILES string of the molecule is O=C1CCC(C(=O)Oc2cccc3ccccc23)N1. The number of carbonyl (C=O) groups excluding carboxylic acids is 2. The van der Waals surface area contributed by atoms with E-state index in [4.69, 9.17) is 4.74 Å². The molecule has 1 fully saturated rings. The summed E-state index contributed by atoms with van der Waals surface area (Å²) < 4.78 is 5.41. The topological polar surface area (TPSA) is 55.4 Å². The largest absolute Gasteiger partial charge is 0.424 e. The zero-order valence-electron chi connectivity index (χ0n) is 10.3. The van der Waals surface area contributed by atoms with Gasteiger partial charge in [0, 0.05) is 11.8 Å². The third-order valence-corrected chi connectivity index (χ3v) is 3.24. The fourth-order valence-electron chi connectivity index (χ4n) is 2.26. The van der Waals surface area contributed by atoms with Gasteiger partial charge in [0.1, 0.15) is 11.8 Å². The molecule has 19 heavy (non-hydrogen) atoms. The molecule has 1 atom stereocenters. The molecule has 0 saturated carbocycles. The zero-order chi connectivity index (χ0) is 13.2. The number of rotatable bonds is 2. The number of amides is 1. The van der Waals surface area contributed by atoms with Crippen LogP contribution in [0.15, 0.2) is 42.5 Å². The maximum atomic E-state index is 12.0. The van der Waals surface area contributed by atoms with Crippen LogP contribution in [0.5, 0.6) is 5.75 Å². The lowest BCUT2D eigenvalue weighted by atomic mass is 10.1. The number of nitrogens with one attached hydrogen (secondary N) is 1. The molecule has 1 unspecified atom stereocenters. The summed E-state index contributed by atoms with van der Waals surface area (Å²) in [6.45, 7) is 0. The summed E-state index contributed by atoms with van der Waals surface area (Å²) in [7, 11) is 0. The van der Waals surface area contributed by atoms with Crippen LogP contribution in [0.3, 0.4) is 0 Å². The molecule has 3 rings (SSSR count). The van der Waals surface area contributed by atoms with E-state index >= 15 is 0 Å². The molecule has 1 heterocycles. The van der Waals surface area contributed by atoms with Crippen LogP contribution >= 0.6 is 0 Å². The molecule has 0 bridgehead atoms. The van der Waals surface area contributed by atoms with E-state index in [-0.39, 0.29) is 5.91 Å². The van der Waals surface area contributed by atoms with E-state index in [2.05, 4.69) is 5.32 Å². The summed E-state index contributed by atoms with van der Waals surface area (Å²) >= 11 is 0.